The van der Waals surface area contributed by atoms with Gasteiger partial charge in [0.15, 0.2) is 0 Å². The summed E-state index contributed by atoms with van der Waals surface area (Å²) in [4.78, 5) is 11.2. The summed E-state index contributed by atoms with van der Waals surface area (Å²) in [5.74, 6) is -1.85. The predicted octanol–water partition coefficient (Wildman–Crippen LogP) is 3.36. The third-order valence-electron chi connectivity index (χ3n) is 3.50. The Balaban J connectivity index is 1.99. The standard InChI is InChI=1S/C16H12F2N2O2/c17-11-3-1-10(2-4-11)15-9-14(16(21)22)19-20(15)13-7-5-12(18)6-8-13/h1-8,15H,9H2,(H,21,22). The fourth-order valence-electron chi connectivity index (χ4n) is 2.42. The van der Waals surface area contributed by atoms with Gasteiger partial charge in [-0.15, -0.1) is 0 Å². The summed E-state index contributed by atoms with van der Waals surface area (Å²) < 4.78 is 26.1. The first-order valence-electron chi connectivity index (χ1n) is 6.65. The van der Waals surface area contributed by atoms with Gasteiger partial charge in [0, 0.05) is 6.42 Å². The van der Waals surface area contributed by atoms with E-state index in [9.17, 15) is 13.6 Å². The van der Waals surface area contributed by atoms with Crippen molar-refractivity contribution in [2.75, 3.05) is 5.01 Å². The lowest BCUT2D eigenvalue weighted by molar-refractivity contribution is -0.129. The number of hydrogen-bond donors (Lipinski definition) is 1. The van der Waals surface area contributed by atoms with Crippen LogP contribution in [0.25, 0.3) is 0 Å². The minimum Gasteiger partial charge on any atom is -0.477 e. The lowest BCUT2D eigenvalue weighted by Crippen LogP contribution is -2.18. The zero-order chi connectivity index (χ0) is 15.7. The summed E-state index contributed by atoms with van der Waals surface area (Å²) in [6, 6.07) is 11.1. The van der Waals surface area contributed by atoms with Gasteiger partial charge in [0.1, 0.15) is 17.3 Å². The fraction of sp³-hybridized carbons (Fsp3) is 0.125. The Morgan fingerprint density at radius 2 is 1.59 bits per heavy atom. The molecule has 4 nitrogen and oxygen atoms in total. The Morgan fingerprint density at radius 1 is 1.05 bits per heavy atom. The fourth-order valence-corrected chi connectivity index (χ4v) is 2.42. The average Bonchev–Trinajstić information content (AvgIpc) is 2.94. The molecule has 2 aromatic rings. The molecule has 0 saturated carbocycles. The summed E-state index contributed by atoms with van der Waals surface area (Å²) in [6.07, 6.45) is 0.193. The van der Waals surface area contributed by atoms with Crippen molar-refractivity contribution in [2.45, 2.75) is 12.5 Å². The van der Waals surface area contributed by atoms with E-state index in [1.807, 2.05) is 0 Å². The van der Waals surface area contributed by atoms with Gasteiger partial charge in [0.05, 0.1) is 11.7 Å². The van der Waals surface area contributed by atoms with E-state index in [0.717, 1.165) is 5.56 Å². The van der Waals surface area contributed by atoms with Crippen molar-refractivity contribution in [2.24, 2.45) is 5.10 Å². The highest BCUT2D eigenvalue weighted by Gasteiger charge is 2.32. The van der Waals surface area contributed by atoms with Gasteiger partial charge >= 0.3 is 5.97 Å². The zero-order valence-electron chi connectivity index (χ0n) is 11.4. The van der Waals surface area contributed by atoms with Crippen LogP contribution in [0.5, 0.6) is 0 Å². The van der Waals surface area contributed by atoms with Crippen molar-refractivity contribution in [1.82, 2.24) is 0 Å². The molecule has 0 saturated heterocycles. The maximum atomic E-state index is 13.1. The number of anilines is 1. The van der Waals surface area contributed by atoms with Crippen LogP contribution in [0.1, 0.15) is 18.0 Å². The molecule has 0 aliphatic carbocycles. The molecule has 0 radical (unpaired) electrons. The van der Waals surface area contributed by atoms with Crippen LogP contribution < -0.4 is 5.01 Å². The van der Waals surface area contributed by atoms with Crippen LogP contribution in [-0.4, -0.2) is 16.8 Å². The van der Waals surface area contributed by atoms with E-state index in [0.29, 0.717) is 5.69 Å². The van der Waals surface area contributed by atoms with E-state index < -0.39 is 5.97 Å². The van der Waals surface area contributed by atoms with Gasteiger partial charge in [0.25, 0.3) is 0 Å². The number of halogens is 2. The second-order valence-electron chi connectivity index (χ2n) is 4.94. The quantitative estimate of drug-likeness (QED) is 0.946. The predicted molar refractivity (Wildman–Crippen MR) is 77.7 cm³/mol. The third kappa shape index (κ3) is 2.67. The number of rotatable bonds is 3. The van der Waals surface area contributed by atoms with Gasteiger partial charge < -0.3 is 5.11 Å². The molecular formula is C16H12F2N2O2. The highest BCUT2D eigenvalue weighted by atomic mass is 19.1. The molecule has 1 atom stereocenters. The van der Waals surface area contributed by atoms with Gasteiger partial charge in [-0.05, 0) is 42.0 Å². The molecule has 3 rings (SSSR count). The van der Waals surface area contributed by atoms with E-state index in [4.69, 9.17) is 5.11 Å². The van der Waals surface area contributed by atoms with E-state index >= 15 is 0 Å². The topological polar surface area (TPSA) is 52.9 Å². The molecule has 1 heterocycles. The maximum absolute atomic E-state index is 13.1. The van der Waals surface area contributed by atoms with Crippen molar-refractivity contribution in [3.05, 3.63) is 65.7 Å². The molecule has 2 aromatic carbocycles. The lowest BCUT2D eigenvalue weighted by atomic mass is 10.0. The minimum absolute atomic E-state index is 0.0126. The molecule has 0 amide bonds. The van der Waals surface area contributed by atoms with Gasteiger partial charge in [-0.1, -0.05) is 12.1 Å². The maximum Gasteiger partial charge on any atom is 0.352 e. The molecule has 6 heteroatoms. The van der Waals surface area contributed by atoms with Gasteiger partial charge in [-0.25, -0.2) is 13.6 Å². The Morgan fingerprint density at radius 3 is 2.14 bits per heavy atom. The largest absolute Gasteiger partial charge is 0.477 e. The van der Waals surface area contributed by atoms with Gasteiger partial charge in [0.2, 0.25) is 0 Å². The smallest absolute Gasteiger partial charge is 0.352 e. The summed E-state index contributed by atoms with van der Waals surface area (Å²) in [5, 5.41) is 14.8. The van der Waals surface area contributed by atoms with Crippen LogP contribution in [0.15, 0.2) is 53.6 Å². The van der Waals surface area contributed by atoms with Crippen LogP contribution in [0.3, 0.4) is 0 Å². The van der Waals surface area contributed by atoms with Crippen LogP contribution in [0.2, 0.25) is 0 Å². The molecule has 1 unspecified atom stereocenters. The molecular weight excluding hydrogens is 290 g/mol. The van der Waals surface area contributed by atoms with E-state index in [1.54, 1.807) is 12.1 Å². The summed E-state index contributed by atoms with van der Waals surface area (Å²) >= 11 is 0. The molecule has 1 aliphatic heterocycles. The first kappa shape index (κ1) is 14.2. The van der Waals surface area contributed by atoms with Crippen molar-refractivity contribution < 1.29 is 18.7 Å². The normalized spacial score (nSPS) is 17.5. The number of benzene rings is 2. The Labute approximate surface area is 125 Å². The summed E-state index contributed by atoms with van der Waals surface area (Å²) in [6.45, 7) is 0. The van der Waals surface area contributed by atoms with Crippen molar-refractivity contribution in [3.8, 4) is 0 Å². The first-order chi connectivity index (χ1) is 10.5. The highest BCUT2D eigenvalue weighted by Crippen LogP contribution is 2.35. The van der Waals surface area contributed by atoms with Gasteiger partial charge in [-0.2, -0.15) is 5.10 Å². The van der Waals surface area contributed by atoms with E-state index in [1.165, 1.54) is 41.4 Å². The lowest BCUT2D eigenvalue weighted by Gasteiger charge is -2.23. The number of nitrogens with zero attached hydrogens (tertiary/aromatic N) is 2. The highest BCUT2D eigenvalue weighted by molar-refractivity contribution is 6.36. The number of hydrogen-bond acceptors (Lipinski definition) is 3. The van der Waals surface area contributed by atoms with E-state index in [-0.39, 0.29) is 29.8 Å². The van der Waals surface area contributed by atoms with Crippen LogP contribution >= 0.6 is 0 Å². The van der Waals surface area contributed by atoms with Crippen molar-refractivity contribution in [3.63, 3.8) is 0 Å². The molecule has 0 spiro atoms. The van der Waals surface area contributed by atoms with E-state index in [2.05, 4.69) is 5.10 Å². The van der Waals surface area contributed by atoms with Crippen LogP contribution in [0.4, 0.5) is 14.5 Å². The summed E-state index contributed by atoms with van der Waals surface area (Å²) in [7, 11) is 0. The third-order valence-corrected chi connectivity index (χ3v) is 3.50. The monoisotopic (exact) mass is 302 g/mol. The molecule has 112 valence electrons. The summed E-state index contributed by atoms with van der Waals surface area (Å²) in [5.41, 5.74) is 1.33. The minimum atomic E-state index is -1.10. The number of carboxylic acids is 1. The van der Waals surface area contributed by atoms with Gasteiger partial charge in [-0.3, -0.25) is 5.01 Å². The second kappa shape index (κ2) is 5.55. The average molecular weight is 302 g/mol. The molecule has 22 heavy (non-hydrogen) atoms. The molecule has 0 fully saturated rings. The van der Waals surface area contributed by atoms with Crippen molar-refractivity contribution >= 4 is 17.4 Å². The Hall–Kier alpha value is -2.76. The van der Waals surface area contributed by atoms with Crippen LogP contribution in [0, 0.1) is 11.6 Å². The number of carbonyl (C=O) groups is 1. The molecule has 0 aromatic heterocycles. The second-order valence-corrected chi connectivity index (χ2v) is 4.94. The molecule has 1 N–H and O–H groups in total. The number of aliphatic carboxylic acids is 1. The zero-order valence-corrected chi connectivity index (χ0v) is 11.4. The van der Waals surface area contributed by atoms with Crippen molar-refractivity contribution in [1.29, 1.82) is 0 Å². The number of hydrazone groups is 1. The van der Waals surface area contributed by atoms with Crippen LogP contribution in [-0.2, 0) is 4.79 Å². The first-order valence-corrected chi connectivity index (χ1v) is 6.65. The molecule has 0 bridgehead atoms. The SMILES string of the molecule is O=C(O)C1=NN(c2ccc(F)cc2)C(c2ccc(F)cc2)C1. The Kier molecular flexibility index (Phi) is 3.58. The number of carboxylic acid groups (broad SMARTS) is 1. The Bertz CT molecular complexity index is 727. The molecule has 1 aliphatic rings.